The molecule has 0 aliphatic carbocycles. The number of halogens is 1. The van der Waals surface area contributed by atoms with Crippen molar-refractivity contribution in [3.05, 3.63) is 34.9 Å². The van der Waals surface area contributed by atoms with E-state index in [-0.39, 0.29) is 12.3 Å². The third-order valence-corrected chi connectivity index (χ3v) is 3.63. The lowest BCUT2D eigenvalue weighted by Crippen LogP contribution is -2.49. The van der Waals surface area contributed by atoms with Crippen LogP contribution in [0.4, 0.5) is 0 Å². The van der Waals surface area contributed by atoms with E-state index in [0.29, 0.717) is 18.1 Å². The molecule has 6 heteroatoms. The van der Waals surface area contributed by atoms with Gasteiger partial charge < -0.3 is 15.8 Å². The third-order valence-electron chi connectivity index (χ3n) is 3.26. The normalized spacial score (nSPS) is 19.6. The highest BCUT2D eigenvalue weighted by Crippen LogP contribution is 2.17. The van der Waals surface area contributed by atoms with Gasteiger partial charge >= 0.3 is 0 Å². The third kappa shape index (κ3) is 3.71. The van der Waals surface area contributed by atoms with Gasteiger partial charge in [-0.05, 0) is 24.5 Å². The Morgan fingerprint density at radius 3 is 2.80 bits per heavy atom. The second-order valence-corrected chi connectivity index (χ2v) is 5.17. The summed E-state index contributed by atoms with van der Waals surface area (Å²) < 4.78 is 5.28. The first kappa shape index (κ1) is 14.8. The summed E-state index contributed by atoms with van der Waals surface area (Å²) >= 11 is 6.05. The molecule has 0 spiro atoms. The largest absolute Gasteiger partial charge is 0.368 e. The molecule has 1 saturated heterocycles. The van der Waals surface area contributed by atoms with E-state index in [4.69, 9.17) is 22.1 Å². The van der Waals surface area contributed by atoms with Gasteiger partial charge in [-0.25, -0.2) is 0 Å². The predicted molar refractivity (Wildman–Crippen MR) is 75.3 cm³/mol. The number of nitrogens with two attached hydrogens (primary N) is 1. The number of rotatable bonds is 5. The number of primary amides is 1. The van der Waals surface area contributed by atoms with Crippen molar-refractivity contribution >= 4 is 23.4 Å². The molecule has 2 atom stereocenters. The average molecular weight is 297 g/mol. The number of hydrogen-bond donors (Lipinski definition) is 2. The Morgan fingerprint density at radius 2 is 2.20 bits per heavy atom. The minimum atomic E-state index is -0.786. The maximum Gasteiger partial charge on any atom is 0.249 e. The highest BCUT2D eigenvalue weighted by Gasteiger charge is 2.27. The van der Waals surface area contributed by atoms with Gasteiger partial charge in [0.1, 0.15) is 12.1 Å². The highest BCUT2D eigenvalue weighted by molar-refractivity contribution is 6.31. The molecule has 0 radical (unpaired) electrons. The molecule has 0 saturated carbocycles. The molecule has 1 heterocycles. The summed E-state index contributed by atoms with van der Waals surface area (Å²) in [5, 5.41) is 3.18. The van der Waals surface area contributed by atoms with Gasteiger partial charge in [0, 0.05) is 18.1 Å². The molecule has 0 unspecified atom stereocenters. The Hall–Kier alpha value is -1.59. The van der Waals surface area contributed by atoms with E-state index in [9.17, 15) is 9.59 Å². The maximum absolute atomic E-state index is 12.0. The van der Waals surface area contributed by atoms with Crippen LogP contribution < -0.4 is 11.1 Å². The predicted octanol–water partition coefficient (Wildman–Crippen LogP) is 1.03. The van der Waals surface area contributed by atoms with Crippen molar-refractivity contribution in [2.45, 2.75) is 31.4 Å². The van der Waals surface area contributed by atoms with Crippen molar-refractivity contribution in [1.29, 1.82) is 0 Å². The van der Waals surface area contributed by atoms with Crippen LogP contribution in [0.15, 0.2) is 24.3 Å². The number of hydrogen-bond acceptors (Lipinski definition) is 3. The molecule has 1 aromatic carbocycles. The van der Waals surface area contributed by atoms with E-state index < -0.39 is 18.1 Å². The van der Waals surface area contributed by atoms with Gasteiger partial charge in [0.2, 0.25) is 11.8 Å². The summed E-state index contributed by atoms with van der Waals surface area (Å²) in [6, 6.07) is 6.37. The Morgan fingerprint density at radius 1 is 1.45 bits per heavy atom. The Kier molecular flexibility index (Phi) is 4.98. The van der Waals surface area contributed by atoms with Crippen molar-refractivity contribution < 1.29 is 14.3 Å². The molecule has 0 aromatic heterocycles. The summed E-state index contributed by atoms with van der Waals surface area (Å²) in [5.41, 5.74) is 6.11. The monoisotopic (exact) mass is 296 g/mol. The van der Waals surface area contributed by atoms with Crippen molar-refractivity contribution in [3.8, 4) is 0 Å². The second-order valence-electron chi connectivity index (χ2n) is 4.76. The SMILES string of the molecule is NC(=O)[C@@H](Cc1ccccc1Cl)NC(=O)[C@@H]1CCCO1. The lowest BCUT2D eigenvalue weighted by molar-refractivity contribution is -0.133. The van der Waals surface area contributed by atoms with Gasteiger partial charge in [-0.1, -0.05) is 29.8 Å². The molecule has 1 aromatic rings. The van der Waals surface area contributed by atoms with E-state index in [0.717, 1.165) is 12.0 Å². The Bertz CT molecular complexity index is 501. The number of nitrogens with one attached hydrogen (secondary N) is 1. The lowest BCUT2D eigenvalue weighted by atomic mass is 10.0. The van der Waals surface area contributed by atoms with Crippen LogP contribution in [-0.2, 0) is 20.7 Å². The zero-order chi connectivity index (χ0) is 14.5. The fourth-order valence-electron chi connectivity index (χ4n) is 2.16. The molecule has 3 N–H and O–H groups in total. The van der Waals surface area contributed by atoms with Gasteiger partial charge in [0.15, 0.2) is 0 Å². The van der Waals surface area contributed by atoms with Gasteiger partial charge in [0.05, 0.1) is 0 Å². The van der Waals surface area contributed by atoms with Gasteiger partial charge in [-0.2, -0.15) is 0 Å². The summed E-state index contributed by atoms with van der Waals surface area (Å²) in [6.07, 6.45) is 1.31. The first-order chi connectivity index (χ1) is 9.58. The molecular weight excluding hydrogens is 280 g/mol. The van der Waals surface area contributed by atoms with E-state index >= 15 is 0 Å². The quantitative estimate of drug-likeness (QED) is 0.851. The van der Waals surface area contributed by atoms with Crippen LogP contribution in [0.5, 0.6) is 0 Å². The molecule has 2 rings (SSSR count). The molecule has 5 nitrogen and oxygen atoms in total. The zero-order valence-corrected chi connectivity index (χ0v) is 11.7. The fraction of sp³-hybridized carbons (Fsp3) is 0.429. The number of carbonyl (C=O) groups excluding carboxylic acids is 2. The van der Waals surface area contributed by atoms with Gasteiger partial charge in [0.25, 0.3) is 0 Å². The molecule has 20 heavy (non-hydrogen) atoms. The van der Waals surface area contributed by atoms with Crippen LogP contribution in [0, 0.1) is 0 Å². The number of carbonyl (C=O) groups is 2. The zero-order valence-electron chi connectivity index (χ0n) is 11.0. The van der Waals surface area contributed by atoms with Crippen LogP contribution in [0.25, 0.3) is 0 Å². The fourth-order valence-corrected chi connectivity index (χ4v) is 2.37. The molecule has 1 fully saturated rings. The lowest BCUT2D eigenvalue weighted by Gasteiger charge is -2.18. The summed E-state index contributed by atoms with van der Waals surface area (Å²) in [4.78, 5) is 23.4. The topological polar surface area (TPSA) is 81.4 Å². The van der Waals surface area contributed by atoms with Crippen LogP contribution in [-0.4, -0.2) is 30.6 Å². The summed E-state index contributed by atoms with van der Waals surface area (Å²) in [6.45, 7) is 0.573. The van der Waals surface area contributed by atoms with Crippen molar-refractivity contribution in [2.75, 3.05) is 6.61 Å². The van der Waals surface area contributed by atoms with Crippen LogP contribution in [0.2, 0.25) is 5.02 Å². The molecule has 2 amide bonds. The van der Waals surface area contributed by atoms with E-state index in [2.05, 4.69) is 5.32 Å². The van der Waals surface area contributed by atoms with Crippen molar-refractivity contribution in [3.63, 3.8) is 0 Å². The molecule has 1 aliphatic rings. The smallest absolute Gasteiger partial charge is 0.249 e. The highest BCUT2D eigenvalue weighted by atomic mass is 35.5. The average Bonchev–Trinajstić information content (AvgIpc) is 2.94. The first-order valence-electron chi connectivity index (χ1n) is 6.52. The van der Waals surface area contributed by atoms with E-state index in [1.165, 1.54) is 0 Å². The van der Waals surface area contributed by atoms with Crippen LogP contribution in [0.3, 0.4) is 0 Å². The van der Waals surface area contributed by atoms with E-state index in [1.807, 2.05) is 6.07 Å². The molecular formula is C14H17ClN2O3. The minimum Gasteiger partial charge on any atom is -0.368 e. The van der Waals surface area contributed by atoms with Gasteiger partial charge in [-0.15, -0.1) is 0 Å². The second kappa shape index (κ2) is 6.72. The Balaban J connectivity index is 2.02. The summed E-state index contributed by atoms with van der Waals surface area (Å²) in [7, 11) is 0. The van der Waals surface area contributed by atoms with Crippen molar-refractivity contribution in [2.24, 2.45) is 5.73 Å². The van der Waals surface area contributed by atoms with Crippen LogP contribution >= 0.6 is 11.6 Å². The maximum atomic E-state index is 12.0. The summed E-state index contributed by atoms with van der Waals surface area (Å²) in [5.74, 6) is -0.880. The van der Waals surface area contributed by atoms with Gasteiger partial charge in [-0.3, -0.25) is 9.59 Å². The molecule has 108 valence electrons. The Labute approximate surface area is 122 Å². The number of benzene rings is 1. The molecule has 1 aliphatic heterocycles. The number of ether oxygens (including phenoxy) is 1. The van der Waals surface area contributed by atoms with Crippen molar-refractivity contribution in [1.82, 2.24) is 5.32 Å². The van der Waals surface area contributed by atoms with Crippen LogP contribution in [0.1, 0.15) is 18.4 Å². The van der Waals surface area contributed by atoms with E-state index in [1.54, 1.807) is 18.2 Å². The number of amides is 2. The standard InChI is InChI=1S/C14H17ClN2O3/c15-10-5-2-1-4-9(10)8-11(13(16)18)17-14(19)12-6-3-7-20-12/h1-2,4-5,11-12H,3,6-8H2,(H2,16,18)(H,17,19)/t11-,12+/m1/s1. The first-order valence-corrected chi connectivity index (χ1v) is 6.90. The minimum absolute atomic E-state index is 0.271. The molecule has 0 bridgehead atoms.